The van der Waals surface area contributed by atoms with Crippen LogP contribution in [0.25, 0.3) is 0 Å². The van der Waals surface area contributed by atoms with Gasteiger partial charge in [0.05, 0.1) is 0 Å². The predicted octanol–water partition coefficient (Wildman–Crippen LogP) is 2.04. The molecule has 0 saturated carbocycles. The van der Waals surface area contributed by atoms with Crippen molar-refractivity contribution in [2.45, 2.75) is 52.1 Å². The van der Waals surface area contributed by atoms with Crippen LogP contribution in [-0.4, -0.2) is 62.2 Å². The van der Waals surface area contributed by atoms with Gasteiger partial charge in [-0.1, -0.05) is 20.8 Å². The molecule has 0 bridgehead atoms. The fourth-order valence-corrected chi connectivity index (χ4v) is 2.82. The van der Waals surface area contributed by atoms with E-state index >= 15 is 0 Å². The fraction of sp³-hybridized carbons (Fsp3) is 1.00. The lowest BCUT2D eigenvalue weighted by Gasteiger charge is -2.31. The third-order valence-electron chi connectivity index (χ3n) is 4.16. The quantitative estimate of drug-likeness (QED) is 0.716. The average molecular weight is 255 g/mol. The van der Waals surface area contributed by atoms with Crippen molar-refractivity contribution < 1.29 is 0 Å². The topological polar surface area (TPSA) is 18.5 Å². The third-order valence-corrected chi connectivity index (χ3v) is 4.16. The molecule has 1 N–H and O–H groups in total. The maximum atomic E-state index is 3.68. The van der Waals surface area contributed by atoms with Gasteiger partial charge in [0.2, 0.25) is 0 Å². The van der Waals surface area contributed by atoms with E-state index < -0.39 is 0 Å². The second kappa shape index (κ2) is 8.13. The van der Waals surface area contributed by atoms with E-state index in [1.807, 2.05) is 0 Å². The monoisotopic (exact) mass is 255 g/mol. The molecule has 0 aromatic heterocycles. The summed E-state index contributed by atoms with van der Waals surface area (Å²) in [5.41, 5.74) is 0. The summed E-state index contributed by atoms with van der Waals surface area (Å²) < 4.78 is 0. The van der Waals surface area contributed by atoms with Crippen LogP contribution in [0, 0.1) is 5.92 Å². The number of rotatable bonds is 8. The highest BCUT2D eigenvalue weighted by Crippen LogP contribution is 2.15. The molecule has 0 aromatic carbocycles. The minimum Gasteiger partial charge on any atom is -0.312 e. The van der Waals surface area contributed by atoms with Gasteiger partial charge >= 0.3 is 0 Å². The van der Waals surface area contributed by atoms with Gasteiger partial charge in [0.1, 0.15) is 0 Å². The minimum absolute atomic E-state index is 0.627. The molecule has 0 aromatic rings. The molecule has 1 heterocycles. The SMILES string of the molecule is CCCNC(CN(C)CC1CCCN1C)C(C)C. The van der Waals surface area contributed by atoms with Crippen molar-refractivity contribution in [3.05, 3.63) is 0 Å². The van der Waals surface area contributed by atoms with Gasteiger partial charge in [-0.15, -0.1) is 0 Å². The molecule has 2 unspecified atom stereocenters. The molecule has 1 aliphatic heterocycles. The maximum absolute atomic E-state index is 3.68. The van der Waals surface area contributed by atoms with Gasteiger partial charge in [0, 0.05) is 25.2 Å². The van der Waals surface area contributed by atoms with E-state index in [-0.39, 0.29) is 0 Å². The Morgan fingerprint density at radius 1 is 1.39 bits per heavy atom. The number of nitrogens with zero attached hydrogens (tertiary/aromatic N) is 2. The first-order chi connectivity index (χ1) is 8.54. The van der Waals surface area contributed by atoms with Crippen LogP contribution >= 0.6 is 0 Å². The normalized spacial score (nSPS) is 23.2. The van der Waals surface area contributed by atoms with E-state index in [0.717, 1.165) is 12.6 Å². The molecular formula is C15H33N3. The number of nitrogens with one attached hydrogen (secondary N) is 1. The molecule has 1 saturated heterocycles. The Morgan fingerprint density at radius 2 is 2.11 bits per heavy atom. The molecule has 1 fully saturated rings. The fourth-order valence-electron chi connectivity index (χ4n) is 2.82. The zero-order valence-corrected chi connectivity index (χ0v) is 13.1. The predicted molar refractivity (Wildman–Crippen MR) is 80.1 cm³/mol. The lowest BCUT2D eigenvalue weighted by atomic mass is 10.0. The van der Waals surface area contributed by atoms with Crippen LogP contribution in [-0.2, 0) is 0 Å². The number of hydrogen-bond acceptors (Lipinski definition) is 3. The van der Waals surface area contributed by atoms with Gasteiger partial charge < -0.3 is 15.1 Å². The molecule has 1 rings (SSSR count). The first kappa shape index (κ1) is 15.9. The molecule has 2 atom stereocenters. The summed E-state index contributed by atoms with van der Waals surface area (Å²) in [6.07, 6.45) is 3.96. The molecule has 18 heavy (non-hydrogen) atoms. The second-order valence-corrected chi connectivity index (χ2v) is 6.30. The number of likely N-dealkylation sites (N-methyl/N-ethyl adjacent to an activating group) is 2. The zero-order chi connectivity index (χ0) is 13.5. The van der Waals surface area contributed by atoms with Crippen LogP contribution in [0.1, 0.15) is 40.0 Å². The summed E-state index contributed by atoms with van der Waals surface area (Å²) >= 11 is 0. The molecular weight excluding hydrogens is 222 g/mol. The van der Waals surface area contributed by atoms with Crippen LogP contribution in [0.3, 0.4) is 0 Å². The summed E-state index contributed by atoms with van der Waals surface area (Å²) in [4.78, 5) is 5.03. The number of likely N-dealkylation sites (tertiary alicyclic amines) is 1. The zero-order valence-electron chi connectivity index (χ0n) is 13.1. The highest BCUT2D eigenvalue weighted by atomic mass is 15.2. The van der Waals surface area contributed by atoms with E-state index in [4.69, 9.17) is 0 Å². The first-order valence-electron chi connectivity index (χ1n) is 7.66. The molecule has 0 spiro atoms. The summed E-state index contributed by atoms with van der Waals surface area (Å²) in [5, 5.41) is 3.68. The summed E-state index contributed by atoms with van der Waals surface area (Å²) in [6, 6.07) is 1.40. The molecule has 3 heteroatoms. The van der Waals surface area contributed by atoms with E-state index in [1.165, 1.54) is 38.9 Å². The first-order valence-corrected chi connectivity index (χ1v) is 7.66. The highest BCUT2D eigenvalue weighted by molar-refractivity contribution is 4.81. The Bertz CT molecular complexity index is 218. The Balaban J connectivity index is 2.33. The van der Waals surface area contributed by atoms with Crippen LogP contribution in [0.15, 0.2) is 0 Å². The van der Waals surface area contributed by atoms with Crippen molar-refractivity contribution in [1.82, 2.24) is 15.1 Å². The van der Waals surface area contributed by atoms with Crippen LogP contribution in [0.5, 0.6) is 0 Å². The second-order valence-electron chi connectivity index (χ2n) is 6.30. The van der Waals surface area contributed by atoms with E-state index in [0.29, 0.717) is 12.0 Å². The van der Waals surface area contributed by atoms with Crippen molar-refractivity contribution in [2.24, 2.45) is 5.92 Å². The molecule has 3 nitrogen and oxygen atoms in total. The van der Waals surface area contributed by atoms with Gasteiger partial charge in [-0.05, 0) is 52.4 Å². The van der Waals surface area contributed by atoms with Gasteiger partial charge in [-0.25, -0.2) is 0 Å². The van der Waals surface area contributed by atoms with Crippen LogP contribution in [0.4, 0.5) is 0 Å². The van der Waals surface area contributed by atoms with Crippen LogP contribution in [0.2, 0.25) is 0 Å². The summed E-state index contributed by atoms with van der Waals surface area (Å²) in [7, 11) is 4.54. The Kier molecular flexibility index (Phi) is 7.20. The van der Waals surface area contributed by atoms with Gasteiger partial charge in [0.15, 0.2) is 0 Å². The summed E-state index contributed by atoms with van der Waals surface area (Å²) in [5.74, 6) is 0.709. The highest BCUT2D eigenvalue weighted by Gasteiger charge is 2.23. The average Bonchev–Trinajstić information content (AvgIpc) is 2.70. The minimum atomic E-state index is 0.627. The van der Waals surface area contributed by atoms with Gasteiger partial charge in [-0.2, -0.15) is 0 Å². The lowest BCUT2D eigenvalue weighted by Crippen LogP contribution is -2.46. The standard InChI is InChI=1S/C15H33N3/c1-6-9-16-15(13(2)3)12-17(4)11-14-8-7-10-18(14)5/h13-16H,6-12H2,1-5H3. The lowest BCUT2D eigenvalue weighted by molar-refractivity contribution is 0.193. The van der Waals surface area contributed by atoms with Crippen LogP contribution < -0.4 is 5.32 Å². The van der Waals surface area contributed by atoms with Gasteiger partial charge in [-0.3, -0.25) is 0 Å². The molecule has 0 amide bonds. The van der Waals surface area contributed by atoms with Crippen molar-refractivity contribution in [3.8, 4) is 0 Å². The van der Waals surface area contributed by atoms with E-state index in [1.54, 1.807) is 0 Å². The molecule has 0 radical (unpaired) electrons. The molecule has 1 aliphatic rings. The number of hydrogen-bond donors (Lipinski definition) is 1. The van der Waals surface area contributed by atoms with E-state index in [9.17, 15) is 0 Å². The Hall–Kier alpha value is -0.120. The molecule has 0 aliphatic carbocycles. The maximum Gasteiger partial charge on any atom is 0.0220 e. The van der Waals surface area contributed by atoms with Crippen molar-refractivity contribution in [1.29, 1.82) is 0 Å². The third kappa shape index (κ3) is 5.25. The largest absolute Gasteiger partial charge is 0.312 e. The van der Waals surface area contributed by atoms with Crippen molar-refractivity contribution >= 4 is 0 Å². The Morgan fingerprint density at radius 3 is 2.61 bits per heavy atom. The van der Waals surface area contributed by atoms with Gasteiger partial charge in [0.25, 0.3) is 0 Å². The van der Waals surface area contributed by atoms with Crippen molar-refractivity contribution in [3.63, 3.8) is 0 Å². The van der Waals surface area contributed by atoms with E-state index in [2.05, 4.69) is 50.0 Å². The Labute approximate surface area is 114 Å². The smallest absolute Gasteiger partial charge is 0.0220 e. The summed E-state index contributed by atoms with van der Waals surface area (Å²) in [6.45, 7) is 11.7. The molecule has 108 valence electrons. The van der Waals surface area contributed by atoms with Crippen molar-refractivity contribution in [2.75, 3.05) is 40.3 Å².